The van der Waals surface area contributed by atoms with Crippen molar-refractivity contribution in [2.45, 2.75) is 23.7 Å². The number of alkyl halides is 6. The number of anilines is 1. The van der Waals surface area contributed by atoms with Crippen LogP contribution in [0.15, 0.2) is 53.4 Å². The Balaban J connectivity index is 1.59. The zero-order valence-corrected chi connectivity index (χ0v) is 21.7. The number of hydrogen-bond donors (Lipinski definition) is 1. The van der Waals surface area contributed by atoms with Crippen LogP contribution in [0.25, 0.3) is 10.2 Å². The normalized spacial score (nSPS) is 12.8. The van der Waals surface area contributed by atoms with Gasteiger partial charge in [-0.3, -0.25) is 4.72 Å². The zero-order valence-electron chi connectivity index (χ0n) is 17.8. The Hall–Kier alpha value is -2.25. The zero-order chi connectivity index (χ0) is 27.3. The molecule has 3 aromatic carbocycles. The van der Waals surface area contributed by atoms with E-state index >= 15 is 0 Å². The van der Waals surface area contributed by atoms with E-state index in [0.717, 1.165) is 29.5 Å². The highest BCUT2D eigenvalue weighted by atomic mass is 35.5. The molecule has 0 bridgehead atoms. The molecule has 0 aliphatic heterocycles. The molecular weight excluding hydrogens is 609 g/mol. The summed E-state index contributed by atoms with van der Waals surface area (Å²) in [7, 11) is -4.41. The molecule has 0 radical (unpaired) electrons. The van der Waals surface area contributed by atoms with E-state index in [9.17, 15) is 34.8 Å². The van der Waals surface area contributed by atoms with Crippen molar-refractivity contribution in [2.24, 2.45) is 0 Å². The van der Waals surface area contributed by atoms with E-state index in [1.54, 1.807) is 0 Å². The molecule has 0 aliphatic carbocycles. The van der Waals surface area contributed by atoms with Crippen LogP contribution in [-0.4, -0.2) is 13.4 Å². The van der Waals surface area contributed by atoms with Crippen LogP contribution in [0.5, 0.6) is 0 Å². The number of nitrogens with zero attached hydrogens (tertiary/aromatic N) is 1. The van der Waals surface area contributed by atoms with Gasteiger partial charge in [0.15, 0.2) is 0 Å². The summed E-state index contributed by atoms with van der Waals surface area (Å²) in [5, 5.41) is -0.165. The molecule has 0 saturated heterocycles. The fraction of sp³-hybridized carbons (Fsp3) is 0.136. The van der Waals surface area contributed by atoms with Gasteiger partial charge in [0.25, 0.3) is 10.0 Å². The van der Waals surface area contributed by atoms with Crippen molar-refractivity contribution < 1.29 is 34.8 Å². The lowest BCUT2D eigenvalue weighted by molar-refractivity contribution is -0.138. The second-order valence-corrected chi connectivity index (χ2v) is 11.6. The molecule has 4 nitrogen and oxygen atoms in total. The van der Waals surface area contributed by atoms with Crippen molar-refractivity contribution in [3.8, 4) is 0 Å². The SMILES string of the molecule is O=S(=O)(Nc1cc(Cl)c(Cc2nc3cc(C(F)(F)F)ccc3s2)c(Cl)c1)c1ccc(C(F)(F)F)cc1Cl. The number of fused-ring (bicyclic) bond motifs is 1. The Morgan fingerprint density at radius 3 is 1.95 bits per heavy atom. The summed E-state index contributed by atoms with van der Waals surface area (Å²) in [4.78, 5) is 3.62. The lowest BCUT2D eigenvalue weighted by Gasteiger charge is -2.14. The summed E-state index contributed by atoms with van der Waals surface area (Å²) >= 11 is 19.5. The van der Waals surface area contributed by atoms with Crippen LogP contribution in [0.4, 0.5) is 32.0 Å². The smallest absolute Gasteiger partial charge is 0.279 e. The van der Waals surface area contributed by atoms with E-state index < -0.39 is 43.4 Å². The first-order chi connectivity index (χ1) is 17.0. The molecule has 15 heteroatoms. The second-order valence-electron chi connectivity index (χ2n) is 7.63. The van der Waals surface area contributed by atoms with Gasteiger partial charge in [-0.25, -0.2) is 13.4 Å². The third-order valence-corrected chi connectivity index (χ3v) is 8.60. The van der Waals surface area contributed by atoms with Crippen molar-refractivity contribution in [1.29, 1.82) is 0 Å². The Bertz CT molecular complexity index is 1600. The third-order valence-electron chi connectivity index (χ3n) is 5.03. The number of aromatic nitrogens is 1. The lowest BCUT2D eigenvalue weighted by Crippen LogP contribution is -2.14. The van der Waals surface area contributed by atoms with Gasteiger partial charge in [0.1, 0.15) is 4.90 Å². The summed E-state index contributed by atoms with van der Waals surface area (Å²) in [5.41, 5.74) is -1.54. The summed E-state index contributed by atoms with van der Waals surface area (Å²) < 4.78 is 106. The minimum atomic E-state index is -4.71. The van der Waals surface area contributed by atoms with Gasteiger partial charge in [0.2, 0.25) is 0 Å². The summed E-state index contributed by atoms with van der Waals surface area (Å²) in [6.45, 7) is 0. The van der Waals surface area contributed by atoms with Crippen LogP contribution >= 0.6 is 46.1 Å². The maximum absolute atomic E-state index is 13.0. The van der Waals surface area contributed by atoms with Gasteiger partial charge in [0, 0.05) is 16.5 Å². The average Bonchev–Trinajstić information content (AvgIpc) is 3.16. The maximum Gasteiger partial charge on any atom is 0.416 e. The first kappa shape index (κ1) is 27.8. The van der Waals surface area contributed by atoms with Crippen molar-refractivity contribution in [1.82, 2.24) is 4.98 Å². The van der Waals surface area contributed by atoms with E-state index in [4.69, 9.17) is 34.8 Å². The van der Waals surface area contributed by atoms with Crippen LogP contribution in [0.2, 0.25) is 15.1 Å². The van der Waals surface area contributed by atoms with Crippen LogP contribution < -0.4 is 4.72 Å². The largest absolute Gasteiger partial charge is 0.416 e. The van der Waals surface area contributed by atoms with Gasteiger partial charge in [-0.1, -0.05) is 34.8 Å². The highest BCUT2D eigenvalue weighted by Crippen LogP contribution is 2.37. The van der Waals surface area contributed by atoms with Gasteiger partial charge >= 0.3 is 12.4 Å². The van der Waals surface area contributed by atoms with E-state index in [1.165, 1.54) is 18.2 Å². The van der Waals surface area contributed by atoms with Gasteiger partial charge < -0.3 is 0 Å². The molecule has 0 amide bonds. The predicted octanol–water partition coefficient (Wildman–Crippen LogP) is 8.69. The second kappa shape index (κ2) is 9.81. The van der Waals surface area contributed by atoms with Crippen molar-refractivity contribution in [3.05, 3.63) is 85.3 Å². The summed E-state index contributed by atoms with van der Waals surface area (Å²) in [5.74, 6) is 0. The van der Waals surface area contributed by atoms with Crippen LogP contribution in [0.3, 0.4) is 0 Å². The van der Waals surface area contributed by atoms with Gasteiger partial charge in [-0.15, -0.1) is 11.3 Å². The Labute approximate surface area is 224 Å². The molecule has 0 fully saturated rings. The standard InChI is InChI=1S/C22H11Cl3F6N2O2S2/c23-14-7-12(33-37(34,35)19-4-2-10(5-16(19)25)21(26,27)28)8-15(24)13(14)9-20-32-17-6-11(22(29,30)31)1-3-18(17)36-20/h1-8,33H,9H2. The summed E-state index contributed by atoms with van der Waals surface area (Å²) in [6.07, 6.45) is -9.17. The molecule has 4 rings (SSSR count). The number of thiazole rings is 1. The Morgan fingerprint density at radius 2 is 1.38 bits per heavy atom. The third kappa shape index (κ3) is 6.09. The fourth-order valence-corrected chi connectivity index (χ4v) is 6.48. The number of rotatable bonds is 5. The van der Waals surface area contributed by atoms with Gasteiger partial charge in [-0.2, -0.15) is 26.3 Å². The molecule has 0 saturated carbocycles. The molecule has 0 unspecified atom stereocenters. The predicted molar refractivity (Wildman–Crippen MR) is 131 cm³/mol. The van der Waals surface area contributed by atoms with Crippen LogP contribution in [0, 0.1) is 0 Å². The quantitative estimate of drug-likeness (QED) is 0.228. The fourth-order valence-electron chi connectivity index (χ4n) is 3.31. The van der Waals surface area contributed by atoms with Crippen molar-refractivity contribution >= 4 is 72.1 Å². The van der Waals surface area contributed by atoms with Crippen LogP contribution in [-0.2, 0) is 28.8 Å². The highest BCUT2D eigenvalue weighted by molar-refractivity contribution is 7.92. The van der Waals surface area contributed by atoms with Crippen LogP contribution in [0.1, 0.15) is 21.7 Å². The van der Waals surface area contributed by atoms with E-state index in [0.29, 0.717) is 27.4 Å². The number of nitrogens with one attached hydrogen (secondary N) is 1. The molecule has 0 spiro atoms. The van der Waals surface area contributed by atoms with E-state index in [-0.39, 0.29) is 27.7 Å². The number of benzene rings is 3. The first-order valence-corrected chi connectivity index (χ1v) is 13.3. The molecule has 37 heavy (non-hydrogen) atoms. The average molecular weight is 620 g/mol. The lowest BCUT2D eigenvalue weighted by atomic mass is 10.1. The Kier molecular flexibility index (Phi) is 7.36. The maximum atomic E-state index is 13.0. The molecular formula is C22H11Cl3F6N2O2S2. The summed E-state index contributed by atoms with van der Waals surface area (Å²) in [6, 6.07) is 7.46. The number of sulfonamides is 1. The monoisotopic (exact) mass is 618 g/mol. The van der Waals surface area contributed by atoms with E-state index in [2.05, 4.69) is 9.71 Å². The molecule has 1 aromatic heterocycles. The van der Waals surface area contributed by atoms with Crippen molar-refractivity contribution in [3.63, 3.8) is 0 Å². The molecule has 0 atom stereocenters. The van der Waals surface area contributed by atoms with Crippen molar-refractivity contribution in [2.75, 3.05) is 4.72 Å². The molecule has 0 aliphatic rings. The van der Waals surface area contributed by atoms with Gasteiger partial charge in [-0.05, 0) is 54.1 Å². The topological polar surface area (TPSA) is 59.1 Å². The minimum absolute atomic E-state index is 0.0268. The highest BCUT2D eigenvalue weighted by Gasteiger charge is 2.32. The number of hydrogen-bond acceptors (Lipinski definition) is 4. The minimum Gasteiger partial charge on any atom is -0.279 e. The van der Waals surface area contributed by atoms with E-state index in [1.807, 2.05) is 0 Å². The van der Waals surface area contributed by atoms with Gasteiger partial charge in [0.05, 0.1) is 37.1 Å². The molecule has 1 N–H and O–H groups in total. The number of halogens is 9. The Morgan fingerprint density at radius 1 is 0.811 bits per heavy atom. The first-order valence-electron chi connectivity index (χ1n) is 9.89. The molecule has 4 aromatic rings. The molecule has 196 valence electrons. The molecule has 1 heterocycles.